The summed E-state index contributed by atoms with van der Waals surface area (Å²) in [6, 6.07) is 10.9. The second-order valence-electron chi connectivity index (χ2n) is 6.54. The Bertz CT molecular complexity index is 1020. The minimum absolute atomic E-state index is 0.170. The summed E-state index contributed by atoms with van der Waals surface area (Å²) in [5, 5.41) is 8.94. The van der Waals surface area contributed by atoms with Crippen LogP contribution >= 0.6 is 15.9 Å². The molecule has 162 valence electrons. The number of nitrogens with zero attached hydrogens (tertiary/aromatic N) is 1. The number of ether oxygens (including phenoxy) is 1. The molecule has 3 amide bonds. The van der Waals surface area contributed by atoms with E-state index in [9.17, 15) is 14.4 Å². The molecule has 0 atom stereocenters. The summed E-state index contributed by atoms with van der Waals surface area (Å²) in [5.74, 6) is -1.67. The van der Waals surface area contributed by atoms with E-state index in [0.29, 0.717) is 11.3 Å². The van der Waals surface area contributed by atoms with Crippen molar-refractivity contribution < 1.29 is 19.1 Å². The number of hydrogen-bond acceptors (Lipinski definition) is 5. The maximum Gasteiger partial charge on any atom is 0.329 e. The summed E-state index contributed by atoms with van der Waals surface area (Å²) < 4.78 is 6.37. The van der Waals surface area contributed by atoms with Gasteiger partial charge in [0.2, 0.25) is 0 Å². The van der Waals surface area contributed by atoms with Crippen molar-refractivity contribution in [1.29, 1.82) is 0 Å². The smallest absolute Gasteiger partial charge is 0.329 e. The highest BCUT2D eigenvalue weighted by atomic mass is 79.9. The van der Waals surface area contributed by atoms with Crippen LogP contribution in [0.3, 0.4) is 0 Å². The van der Waals surface area contributed by atoms with Gasteiger partial charge in [0, 0.05) is 22.3 Å². The fraction of sp³-hybridized carbons (Fsp3) is 0.182. The van der Waals surface area contributed by atoms with Crippen molar-refractivity contribution in [2.75, 3.05) is 18.5 Å². The van der Waals surface area contributed by atoms with Gasteiger partial charge in [0.05, 0.1) is 6.21 Å². The van der Waals surface area contributed by atoms with Gasteiger partial charge in [0.1, 0.15) is 5.75 Å². The SMILES string of the molecule is C=CCNC(=O)C(=O)N/N=C\c1cc(Br)ccc1OCC(=O)Nc1cc(C)ccc1C. The van der Waals surface area contributed by atoms with Crippen LogP contribution in [0.4, 0.5) is 5.69 Å². The Morgan fingerprint density at radius 3 is 2.65 bits per heavy atom. The van der Waals surface area contributed by atoms with Crippen LogP contribution in [-0.4, -0.2) is 37.1 Å². The summed E-state index contributed by atoms with van der Waals surface area (Å²) in [5.41, 5.74) is 5.34. The standard InChI is InChI=1S/C22H23BrN4O4/c1-4-9-24-21(29)22(30)27-25-12-16-11-17(23)7-8-19(16)31-13-20(28)26-18-10-14(2)5-6-15(18)3/h4-8,10-12H,1,9,13H2,2-3H3,(H,24,29)(H,26,28)(H,27,30)/b25-12-. The van der Waals surface area contributed by atoms with Gasteiger partial charge in [0.25, 0.3) is 5.91 Å². The van der Waals surface area contributed by atoms with Crippen LogP contribution in [0.25, 0.3) is 0 Å². The van der Waals surface area contributed by atoms with Gasteiger partial charge in [0.15, 0.2) is 6.61 Å². The minimum Gasteiger partial charge on any atom is -0.483 e. The van der Waals surface area contributed by atoms with Gasteiger partial charge >= 0.3 is 11.8 Å². The molecular weight excluding hydrogens is 464 g/mol. The average molecular weight is 487 g/mol. The number of anilines is 1. The number of carbonyl (C=O) groups is 3. The Kier molecular flexibility index (Phi) is 8.95. The van der Waals surface area contributed by atoms with Crippen molar-refractivity contribution in [3.05, 3.63) is 70.2 Å². The van der Waals surface area contributed by atoms with Crippen molar-refractivity contribution in [3.8, 4) is 5.75 Å². The molecule has 0 heterocycles. The summed E-state index contributed by atoms with van der Waals surface area (Å²) >= 11 is 3.35. The third kappa shape index (κ3) is 7.71. The van der Waals surface area contributed by atoms with Crippen molar-refractivity contribution in [3.63, 3.8) is 0 Å². The van der Waals surface area contributed by atoms with Gasteiger partial charge < -0.3 is 15.4 Å². The van der Waals surface area contributed by atoms with E-state index in [1.165, 1.54) is 12.3 Å². The van der Waals surface area contributed by atoms with Gasteiger partial charge in [-0.25, -0.2) is 5.43 Å². The minimum atomic E-state index is -0.913. The molecule has 0 aliphatic rings. The lowest BCUT2D eigenvalue weighted by Gasteiger charge is -2.12. The second kappa shape index (κ2) is 11.7. The van der Waals surface area contributed by atoms with Gasteiger partial charge in [-0.3, -0.25) is 14.4 Å². The van der Waals surface area contributed by atoms with Gasteiger partial charge in [-0.1, -0.05) is 34.1 Å². The number of benzene rings is 2. The molecule has 0 spiro atoms. The van der Waals surface area contributed by atoms with Crippen LogP contribution in [0.2, 0.25) is 0 Å². The molecule has 3 N–H and O–H groups in total. The van der Waals surface area contributed by atoms with Crippen molar-refractivity contribution in [2.24, 2.45) is 5.10 Å². The van der Waals surface area contributed by atoms with E-state index < -0.39 is 11.8 Å². The van der Waals surface area contributed by atoms with E-state index in [2.05, 4.69) is 43.7 Å². The predicted molar refractivity (Wildman–Crippen MR) is 123 cm³/mol. The second-order valence-corrected chi connectivity index (χ2v) is 7.45. The molecule has 0 aliphatic carbocycles. The highest BCUT2D eigenvalue weighted by Crippen LogP contribution is 2.22. The van der Waals surface area contributed by atoms with Crippen LogP contribution < -0.4 is 20.8 Å². The molecule has 0 aliphatic heterocycles. The van der Waals surface area contributed by atoms with Crippen molar-refractivity contribution >= 4 is 45.6 Å². The number of amides is 3. The van der Waals surface area contributed by atoms with E-state index >= 15 is 0 Å². The first-order valence-corrected chi connectivity index (χ1v) is 10.1. The Labute approximate surface area is 188 Å². The first-order valence-electron chi connectivity index (χ1n) is 9.31. The van der Waals surface area contributed by atoms with Crippen LogP contribution in [0, 0.1) is 13.8 Å². The molecule has 0 fully saturated rings. The predicted octanol–water partition coefficient (Wildman–Crippen LogP) is 2.84. The number of hydrogen-bond donors (Lipinski definition) is 3. The largest absolute Gasteiger partial charge is 0.483 e. The first kappa shape index (κ1) is 23.8. The fourth-order valence-corrected chi connectivity index (χ4v) is 2.79. The van der Waals surface area contributed by atoms with E-state index in [4.69, 9.17) is 4.74 Å². The van der Waals surface area contributed by atoms with Crippen LogP contribution in [0.5, 0.6) is 5.75 Å². The zero-order chi connectivity index (χ0) is 22.8. The van der Waals surface area contributed by atoms with E-state index in [0.717, 1.165) is 21.3 Å². The van der Waals surface area contributed by atoms with Crippen LogP contribution in [0.1, 0.15) is 16.7 Å². The number of aryl methyl sites for hydroxylation is 2. The van der Waals surface area contributed by atoms with E-state index in [1.807, 2.05) is 32.0 Å². The monoisotopic (exact) mass is 486 g/mol. The van der Waals surface area contributed by atoms with E-state index in [1.54, 1.807) is 18.2 Å². The molecule has 0 aromatic heterocycles. The molecule has 2 rings (SSSR count). The molecule has 0 radical (unpaired) electrons. The van der Waals surface area contributed by atoms with Gasteiger partial charge in [-0.05, 0) is 49.2 Å². The lowest BCUT2D eigenvalue weighted by Crippen LogP contribution is -2.37. The topological polar surface area (TPSA) is 109 Å². The quantitative estimate of drug-likeness (QED) is 0.230. The number of hydrazone groups is 1. The summed E-state index contributed by atoms with van der Waals surface area (Å²) in [6.07, 6.45) is 2.78. The molecular formula is C22H23BrN4O4. The average Bonchev–Trinajstić information content (AvgIpc) is 2.73. The van der Waals surface area contributed by atoms with Gasteiger partial charge in [-0.15, -0.1) is 6.58 Å². The van der Waals surface area contributed by atoms with E-state index in [-0.39, 0.29) is 19.1 Å². The number of rotatable bonds is 8. The van der Waals surface area contributed by atoms with Gasteiger partial charge in [-0.2, -0.15) is 5.10 Å². The number of halogens is 1. The maximum absolute atomic E-state index is 12.3. The Hall–Kier alpha value is -3.46. The van der Waals surface area contributed by atoms with Crippen LogP contribution in [0.15, 0.2) is 58.6 Å². The molecule has 9 heteroatoms. The maximum atomic E-state index is 12.3. The third-order valence-corrected chi connectivity index (χ3v) is 4.47. The number of carbonyl (C=O) groups excluding carboxylic acids is 3. The van der Waals surface area contributed by atoms with Crippen molar-refractivity contribution in [1.82, 2.24) is 10.7 Å². The Morgan fingerprint density at radius 2 is 1.90 bits per heavy atom. The normalized spacial score (nSPS) is 10.4. The molecule has 2 aromatic rings. The summed E-state index contributed by atoms with van der Waals surface area (Å²) in [4.78, 5) is 35.5. The number of nitrogens with one attached hydrogen (secondary N) is 3. The molecule has 31 heavy (non-hydrogen) atoms. The fourth-order valence-electron chi connectivity index (χ4n) is 2.41. The molecule has 8 nitrogen and oxygen atoms in total. The molecule has 0 saturated heterocycles. The molecule has 0 saturated carbocycles. The zero-order valence-electron chi connectivity index (χ0n) is 17.2. The summed E-state index contributed by atoms with van der Waals surface area (Å²) in [7, 11) is 0. The Balaban J connectivity index is 2.00. The lowest BCUT2D eigenvalue weighted by atomic mass is 10.1. The first-order chi connectivity index (χ1) is 14.8. The summed E-state index contributed by atoms with van der Waals surface area (Å²) in [6.45, 7) is 7.26. The van der Waals surface area contributed by atoms with Crippen molar-refractivity contribution in [2.45, 2.75) is 13.8 Å². The third-order valence-electron chi connectivity index (χ3n) is 3.98. The zero-order valence-corrected chi connectivity index (χ0v) is 18.8. The highest BCUT2D eigenvalue weighted by Gasteiger charge is 2.12. The lowest BCUT2D eigenvalue weighted by molar-refractivity contribution is -0.139. The molecule has 0 unspecified atom stereocenters. The Morgan fingerprint density at radius 1 is 1.13 bits per heavy atom. The highest BCUT2D eigenvalue weighted by molar-refractivity contribution is 9.10. The molecule has 2 aromatic carbocycles. The molecule has 0 bridgehead atoms. The van der Waals surface area contributed by atoms with Crippen LogP contribution in [-0.2, 0) is 14.4 Å².